The number of fused-ring (bicyclic) bond motifs is 3. The van der Waals surface area contributed by atoms with Gasteiger partial charge >= 0.3 is 0 Å². The van der Waals surface area contributed by atoms with E-state index >= 15 is 0 Å². The van der Waals surface area contributed by atoms with Crippen LogP contribution in [0.1, 0.15) is 41.4 Å². The normalized spacial score (nSPS) is 30.9. The zero-order valence-corrected chi connectivity index (χ0v) is 21.2. The average Bonchev–Trinajstić information content (AvgIpc) is 3.50. The molecular formula is C31H32N3O2+. The molecule has 4 heterocycles. The molecule has 1 spiro atoms. The fourth-order valence-electron chi connectivity index (χ4n) is 8.37. The third kappa shape index (κ3) is 2.49. The minimum atomic E-state index is -0.212. The van der Waals surface area contributed by atoms with Crippen LogP contribution in [0.15, 0.2) is 71.5 Å². The molecule has 3 aliphatic heterocycles. The quantitative estimate of drug-likeness (QED) is 0.247. The molecule has 4 atom stereocenters. The van der Waals surface area contributed by atoms with Gasteiger partial charge < -0.3 is 14.4 Å². The molecule has 1 N–H and O–H groups in total. The molecule has 1 unspecified atom stereocenters. The molecule has 2 bridgehead atoms. The van der Waals surface area contributed by atoms with Crippen LogP contribution in [0.2, 0.25) is 0 Å². The fourth-order valence-corrected chi connectivity index (χ4v) is 8.37. The van der Waals surface area contributed by atoms with E-state index in [9.17, 15) is 9.59 Å². The second-order valence-corrected chi connectivity index (χ2v) is 11.2. The van der Waals surface area contributed by atoms with Gasteiger partial charge in [-0.2, -0.15) is 0 Å². The Morgan fingerprint density at radius 3 is 2.78 bits per heavy atom. The van der Waals surface area contributed by atoms with Gasteiger partial charge in [-0.25, -0.2) is 0 Å². The largest absolute Gasteiger partial charge is 0.357 e. The summed E-state index contributed by atoms with van der Waals surface area (Å²) in [5.74, 6) is 0.377. The average molecular weight is 479 g/mol. The highest BCUT2D eigenvalue weighted by molar-refractivity contribution is 6.10. The molecule has 5 heteroatoms. The number of aryl methyl sites for hydroxylation is 1. The number of piperidine rings is 1. The van der Waals surface area contributed by atoms with Crippen molar-refractivity contribution in [1.82, 2.24) is 4.57 Å². The molecule has 182 valence electrons. The van der Waals surface area contributed by atoms with Gasteiger partial charge in [-0.3, -0.25) is 9.59 Å². The Hall–Kier alpha value is -3.44. The van der Waals surface area contributed by atoms with Crippen LogP contribution >= 0.6 is 0 Å². The molecule has 1 aromatic heterocycles. The predicted octanol–water partition coefficient (Wildman–Crippen LogP) is 5.05. The molecule has 0 radical (unpaired) electrons. The van der Waals surface area contributed by atoms with Gasteiger partial charge in [-0.05, 0) is 37.1 Å². The Morgan fingerprint density at radius 2 is 1.97 bits per heavy atom. The van der Waals surface area contributed by atoms with Gasteiger partial charge in [-0.1, -0.05) is 42.5 Å². The Labute approximate surface area is 211 Å². The van der Waals surface area contributed by atoms with Crippen LogP contribution < -0.4 is 5.32 Å². The molecule has 2 saturated heterocycles. The molecule has 0 amide bonds. The number of hydrogen-bond acceptors (Lipinski definition) is 3. The minimum Gasteiger partial charge on any atom is -0.357 e. The first-order valence-corrected chi connectivity index (χ1v) is 13.1. The number of carbonyl (C=O) groups excluding carboxylic acids is 2. The highest BCUT2D eigenvalue weighted by Gasteiger charge is 2.68. The van der Waals surface area contributed by atoms with Crippen molar-refractivity contribution in [3.05, 3.63) is 88.3 Å². The van der Waals surface area contributed by atoms with Gasteiger partial charge in [0.1, 0.15) is 25.4 Å². The highest BCUT2D eigenvalue weighted by Crippen LogP contribution is 2.63. The molecular weight excluding hydrogens is 446 g/mol. The summed E-state index contributed by atoms with van der Waals surface area (Å²) in [6, 6.07) is 17.1. The molecule has 3 aromatic rings. The van der Waals surface area contributed by atoms with Crippen LogP contribution in [0.5, 0.6) is 0 Å². The second-order valence-electron chi connectivity index (χ2n) is 11.2. The van der Waals surface area contributed by atoms with Crippen molar-refractivity contribution in [3.8, 4) is 0 Å². The van der Waals surface area contributed by atoms with Crippen LogP contribution in [0.4, 0.5) is 5.69 Å². The van der Waals surface area contributed by atoms with Crippen molar-refractivity contribution >= 4 is 28.7 Å². The van der Waals surface area contributed by atoms with Crippen molar-refractivity contribution in [2.45, 2.75) is 38.1 Å². The van der Waals surface area contributed by atoms with E-state index in [2.05, 4.69) is 73.3 Å². The third-order valence-electron chi connectivity index (χ3n) is 10.00. The number of para-hydroxylation sites is 2. The van der Waals surface area contributed by atoms with Crippen LogP contribution in [0.3, 0.4) is 0 Å². The SMILES string of the molecule is C/C=C1/C[N+]2(CC(=O)c3c(C)n(C)c4ccccc34)CC[C@]34C(=C(C=O)[C@H]1C[C@@H]32)Nc1ccccc14. The standard InChI is InChI=1S/C31H31N3O2/c1-4-20-16-34(17-27(36)29-19(2)33(3)26-12-8-5-9-21(26)29)14-13-31-24-10-6-7-11-25(24)32-30(31)23(18-35)22(20)15-28(31)34/h4-12,18,22,28H,13-17H2,1-3H3/p+1/b20-4-/t22-,28-,31+,34?/m0/s1. The fraction of sp³-hybridized carbons (Fsp3) is 0.355. The van der Waals surface area contributed by atoms with E-state index in [0.717, 1.165) is 75.8 Å². The number of ketones is 1. The maximum atomic E-state index is 14.2. The van der Waals surface area contributed by atoms with Crippen molar-refractivity contribution in [3.63, 3.8) is 0 Å². The van der Waals surface area contributed by atoms with E-state index in [1.807, 2.05) is 12.1 Å². The number of anilines is 1. The molecule has 4 aliphatic rings. The van der Waals surface area contributed by atoms with E-state index in [1.54, 1.807) is 0 Å². The lowest BCUT2D eigenvalue weighted by Gasteiger charge is -2.53. The summed E-state index contributed by atoms with van der Waals surface area (Å²) < 4.78 is 2.93. The summed E-state index contributed by atoms with van der Waals surface area (Å²) in [5, 5.41) is 4.74. The lowest BCUT2D eigenvalue weighted by Crippen LogP contribution is -2.64. The molecule has 0 saturated carbocycles. The van der Waals surface area contributed by atoms with E-state index in [1.165, 1.54) is 11.1 Å². The zero-order valence-electron chi connectivity index (χ0n) is 21.2. The summed E-state index contributed by atoms with van der Waals surface area (Å²) in [6.07, 6.45) is 5.18. The first-order chi connectivity index (χ1) is 17.4. The van der Waals surface area contributed by atoms with Gasteiger partial charge in [0.2, 0.25) is 5.78 Å². The van der Waals surface area contributed by atoms with Gasteiger partial charge in [0.25, 0.3) is 0 Å². The number of carbonyl (C=O) groups is 2. The van der Waals surface area contributed by atoms with Gasteiger partial charge in [0.15, 0.2) is 0 Å². The molecule has 1 aliphatic carbocycles. The van der Waals surface area contributed by atoms with Gasteiger partial charge in [-0.15, -0.1) is 0 Å². The maximum absolute atomic E-state index is 14.2. The summed E-state index contributed by atoms with van der Waals surface area (Å²) in [5.41, 5.74) is 8.56. The van der Waals surface area contributed by atoms with Crippen LogP contribution in [-0.4, -0.2) is 46.8 Å². The number of hydrogen-bond donors (Lipinski definition) is 1. The van der Waals surface area contributed by atoms with Crippen LogP contribution in [0.25, 0.3) is 10.9 Å². The number of aromatic nitrogens is 1. The van der Waals surface area contributed by atoms with Crippen molar-refractivity contribution in [1.29, 1.82) is 0 Å². The number of allylic oxidation sites excluding steroid dienone is 2. The van der Waals surface area contributed by atoms with Crippen molar-refractivity contribution in [2.75, 3.05) is 25.0 Å². The van der Waals surface area contributed by atoms with Crippen molar-refractivity contribution in [2.24, 2.45) is 13.0 Å². The molecule has 2 aromatic carbocycles. The number of nitrogens with one attached hydrogen (secondary N) is 1. The third-order valence-corrected chi connectivity index (χ3v) is 10.00. The lowest BCUT2D eigenvalue weighted by atomic mass is 9.61. The summed E-state index contributed by atoms with van der Waals surface area (Å²) >= 11 is 0. The molecule has 7 rings (SSSR count). The number of Topliss-reactive ketones (excluding diaryl/α,β-unsaturated/α-hetero) is 1. The molecule has 36 heavy (non-hydrogen) atoms. The smallest absolute Gasteiger partial charge is 0.219 e. The Morgan fingerprint density at radius 1 is 1.19 bits per heavy atom. The molecule has 5 nitrogen and oxygen atoms in total. The zero-order chi connectivity index (χ0) is 24.8. The van der Waals surface area contributed by atoms with Crippen molar-refractivity contribution < 1.29 is 14.1 Å². The predicted molar refractivity (Wildman–Crippen MR) is 142 cm³/mol. The highest BCUT2D eigenvalue weighted by atomic mass is 16.1. The van der Waals surface area contributed by atoms with Crippen LogP contribution in [0, 0.1) is 12.8 Å². The second kappa shape index (κ2) is 7.30. The monoisotopic (exact) mass is 478 g/mol. The summed E-state index contributed by atoms with van der Waals surface area (Å²) in [6.45, 7) is 6.44. The minimum absolute atomic E-state index is 0.140. The topological polar surface area (TPSA) is 51.1 Å². The number of rotatable bonds is 4. The number of nitrogens with zero attached hydrogens (tertiary/aromatic N) is 2. The summed E-state index contributed by atoms with van der Waals surface area (Å²) in [7, 11) is 2.05. The Kier molecular flexibility index (Phi) is 4.42. The summed E-state index contributed by atoms with van der Waals surface area (Å²) in [4.78, 5) is 26.7. The maximum Gasteiger partial charge on any atom is 0.219 e. The first-order valence-electron chi connectivity index (χ1n) is 13.1. The van der Waals surface area contributed by atoms with E-state index in [-0.39, 0.29) is 23.2 Å². The van der Waals surface area contributed by atoms with Gasteiger partial charge in [0, 0.05) is 59.4 Å². The Bertz CT molecular complexity index is 1540. The lowest BCUT2D eigenvalue weighted by molar-refractivity contribution is -0.934. The van der Waals surface area contributed by atoms with Gasteiger partial charge in [0.05, 0.1) is 17.5 Å². The number of quaternary nitrogens is 1. The Balaban J connectivity index is 1.39. The van der Waals surface area contributed by atoms with E-state index in [4.69, 9.17) is 0 Å². The molecule has 2 fully saturated rings. The van der Waals surface area contributed by atoms with E-state index in [0.29, 0.717) is 6.54 Å². The number of aldehydes is 1. The number of benzene rings is 2. The van der Waals surface area contributed by atoms with E-state index < -0.39 is 0 Å². The first kappa shape index (κ1) is 21.8. The van der Waals surface area contributed by atoms with Crippen LogP contribution in [-0.2, 0) is 17.3 Å².